The first kappa shape index (κ1) is 12.5. The van der Waals surface area contributed by atoms with Crippen LogP contribution in [0.3, 0.4) is 0 Å². The SMILES string of the molecule is C/C=C/[C@H]1O[C@H]2C[C@H](C)OC(=O)[C@@H]2[C@@H](O)[C@@H]1O. The van der Waals surface area contributed by atoms with Crippen LogP contribution in [-0.4, -0.2) is 46.7 Å². The number of hydrogen-bond acceptors (Lipinski definition) is 5. The van der Waals surface area contributed by atoms with Gasteiger partial charge in [0.25, 0.3) is 0 Å². The fourth-order valence-electron chi connectivity index (χ4n) is 2.49. The van der Waals surface area contributed by atoms with Gasteiger partial charge in [-0.2, -0.15) is 0 Å². The number of hydrogen-bond donors (Lipinski definition) is 2. The number of fused-ring (bicyclic) bond motifs is 1. The predicted octanol–water partition coefficient (Wildman–Crippen LogP) is 0.00330. The molecule has 5 heteroatoms. The highest BCUT2D eigenvalue weighted by molar-refractivity contribution is 5.75. The zero-order valence-corrected chi connectivity index (χ0v) is 9.95. The third kappa shape index (κ3) is 2.22. The summed E-state index contributed by atoms with van der Waals surface area (Å²) in [6.45, 7) is 3.60. The van der Waals surface area contributed by atoms with Crippen molar-refractivity contribution in [2.45, 2.75) is 50.8 Å². The number of carbonyl (C=O) groups excluding carboxylic acids is 1. The molecule has 0 saturated carbocycles. The van der Waals surface area contributed by atoms with Crippen LogP contribution in [0.2, 0.25) is 0 Å². The van der Waals surface area contributed by atoms with Crippen LogP contribution in [0.25, 0.3) is 0 Å². The lowest BCUT2D eigenvalue weighted by molar-refractivity contribution is -0.224. The third-order valence-corrected chi connectivity index (χ3v) is 3.32. The van der Waals surface area contributed by atoms with E-state index < -0.39 is 30.2 Å². The molecule has 0 aromatic rings. The van der Waals surface area contributed by atoms with Gasteiger partial charge >= 0.3 is 5.97 Å². The number of carbonyl (C=O) groups is 1. The molecule has 2 heterocycles. The zero-order chi connectivity index (χ0) is 12.6. The number of ether oxygens (including phenoxy) is 2. The van der Waals surface area contributed by atoms with Gasteiger partial charge in [0.2, 0.25) is 0 Å². The molecule has 0 unspecified atom stereocenters. The van der Waals surface area contributed by atoms with Gasteiger partial charge in [0.15, 0.2) is 0 Å². The van der Waals surface area contributed by atoms with Gasteiger partial charge in [-0.05, 0) is 13.8 Å². The molecule has 96 valence electrons. The van der Waals surface area contributed by atoms with Crippen molar-refractivity contribution >= 4 is 5.97 Å². The summed E-state index contributed by atoms with van der Waals surface area (Å²) in [4.78, 5) is 11.7. The first-order valence-corrected chi connectivity index (χ1v) is 5.89. The van der Waals surface area contributed by atoms with Gasteiger partial charge in [-0.15, -0.1) is 0 Å². The van der Waals surface area contributed by atoms with Crippen LogP contribution in [0.4, 0.5) is 0 Å². The lowest BCUT2D eigenvalue weighted by Gasteiger charge is -2.44. The number of allylic oxidation sites excluding steroid dienone is 1. The van der Waals surface area contributed by atoms with Crippen LogP contribution in [-0.2, 0) is 14.3 Å². The van der Waals surface area contributed by atoms with Crippen LogP contribution in [0, 0.1) is 5.92 Å². The molecule has 2 aliphatic rings. The highest BCUT2D eigenvalue weighted by Crippen LogP contribution is 2.34. The van der Waals surface area contributed by atoms with Crippen LogP contribution >= 0.6 is 0 Å². The molecule has 17 heavy (non-hydrogen) atoms. The molecular formula is C12H18O5. The largest absolute Gasteiger partial charge is 0.462 e. The number of cyclic esters (lactones) is 1. The first-order valence-electron chi connectivity index (χ1n) is 5.89. The summed E-state index contributed by atoms with van der Waals surface area (Å²) >= 11 is 0. The van der Waals surface area contributed by atoms with Crippen molar-refractivity contribution in [3.63, 3.8) is 0 Å². The summed E-state index contributed by atoms with van der Waals surface area (Å²) in [6.07, 6.45) is 0.620. The van der Waals surface area contributed by atoms with Crippen molar-refractivity contribution < 1.29 is 24.5 Å². The van der Waals surface area contributed by atoms with Crippen LogP contribution in [0.1, 0.15) is 20.3 Å². The minimum Gasteiger partial charge on any atom is -0.462 e. The maximum absolute atomic E-state index is 11.7. The van der Waals surface area contributed by atoms with Crippen LogP contribution in [0.15, 0.2) is 12.2 Å². The van der Waals surface area contributed by atoms with Gasteiger partial charge in [0.1, 0.15) is 24.2 Å². The van der Waals surface area contributed by atoms with Gasteiger partial charge in [0.05, 0.1) is 12.2 Å². The van der Waals surface area contributed by atoms with E-state index in [0.717, 1.165) is 0 Å². The molecule has 0 bridgehead atoms. The highest BCUT2D eigenvalue weighted by Gasteiger charge is 2.50. The molecule has 5 nitrogen and oxygen atoms in total. The van der Waals surface area contributed by atoms with Gasteiger partial charge in [-0.1, -0.05) is 12.2 Å². The first-order chi connectivity index (χ1) is 8.04. The van der Waals surface area contributed by atoms with Crippen LogP contribution in [0.5, 0.6) is 0 Å². The van der Waals surface area contributed by atoms with Crippen LogP contribution < -0.4 is 0 Å². The number of aliphatic hydroxyl groups is 2. The maximum atomic E-state index is 11.7. The van der Waals surface area contributed by atoms with Crippen molar-refractivity contribution in [1.82, 2.24) is 0 Å². The molecule has 0 aromatic heterocycles. The lowest BCUT2D eigenvalue weighted by atomic mass is 9.82. The fourth-order valence-corrected chi connectivity index (χ4v) is 2.49. The van der Waals surface area contributed by atoms with Gasteiger partial charge in [0, 0.05) is 6.42 Å². The van der Waals surface area contributed by atoms with Crippen molar-refractivity contribution in [2.75, 3.05) is 0 Å². The average Bonchev–Trinajstić information content (AvgIpc) is 2.24. The van der Waals surface area contributed by atoms with E-state index in [-0.39, 0.29) is 12.2 Å². The van der Waals surface area contributed by atoms with E-state index in [2.05, 4.69) is 0 Å². The third-order valence-electron chi connectivity index (χ3n) is 3.32. The van der Waals surface area contributed by atoms with Crippen molar-refractivity contribution in [3.8, 4) is 0 Å². The summed E-state index contributed by atoms with van der Waals surface area (Å²) in [7, 11) is 0. The quantitative estimate of drug-likeness (QED) is 0.500. The molecule has 2 N–H and O–H groups in total. The van der Waals surface area contributed by atoms with E-state index in [4.69, 9.17) is 9.47 Å². The molecule has 2 aliphatic heterocycles. The van der Waals surface area contributed by atoms with Crippen molar-refractivity contribution in [2.24, 2.45) is 5.92 Å². The second kappa shape index (κ2) is 4.76. The topological polar surface area (TPSA) is 76.0 Å². The Bertz CT molecular complexity index is 327. The van der Waals surface area contributed by atoms with Gasteiger partial charge < -0.3 is 19.7 Å². The minimum absolute atomic E-state index is 0.211. The van der Waals surface area contributed by atoms with Gasteiger partial charge in [-0.3, -0.25) is 4.79 Å². The Kier molecular flexibility index (Phi) is 3.51. The van der Waals surface area contributed by atoms with E-state index in [1.54, 1.807) is 19.1 Å². The van der Waals surface area contributed by atoms with E-state index in [9.17, 15) is 15.0 Å². The summed E-state index contributed by atoms with van der Waals surface area (Å²) in [5.74, 6) is -1.26. The Morgan fingerprint density at radius 3 is 2.71 bits per heavy atom. The van der Waals surface area contributed by atoms with Crippen molar-refractivity contribution in [3.05, 3.63) is 12.2 Å². The molecular weight excluding hydrogens is 224 g/mol. The Morgan fingerprint density at radius 1 is 1.35 bits per heavy atom. The monoisotopic (exact) mass is 242 g/mol. The molecule has 0 radical (unpaired) electrons. The van der Waals surface area contributed by atoms with E-state index in [0.29, 0.717) is 6.42 Å². The number of aliphatic hydroxyl groups excluding tert-OH is 2. The smallest absolute Gasteiger partial charge is 0.314 e. The second-order valence-corrected chi connectivity index (χ2v) is 4.66. The van der Waals surface area contributed by atoms with Crippen molar-refractivity contribution in [1.29, 1.82) is 0 Å². The fraction of sp³-hybridized carbons (Fsp3) is 0.750. The van der Waals surface area contributed by atoms with E-state index in [1.165, 1.54) is 0 Å². The molecule has 2 fully saturated rings. The summed E-state index contributed by atoms with van der Waals surface area (Å²) in [5, 5.41) is 19.8. The molecule has 6 atom stereocenters. The molecule has 0 aliphatic carbocycles. The molecule has 0 amide bonds. The Labute approximate surface area is 100 Å². The maximum Gasteiger partial charge on any atom is 0.314 e. The number of esters is 1. The molecule has 2 saturated heterocycles. The zero-order valence-electron chi connectivity index (χ0n) is 9.95. The van der Waals surface area contributed by atoms with Gasteiger partial charge in [-0.25, -0.2) is 0 Å². The highest BCUT2D eigenvalue weighted by atomic mass is 16.6. The standard InChI is InChI=1S/C12H18O5/c1-3-4-7-10(13)11(14)9-8(17-7)5-6(2)16-12(9)15/h3-4,6-11,13-14H,5H2,1-2H3/b4-3+/t6-,7+,8-,9-,10+,11+/m0/s1. The Morgan fingerprint density at radius 2 is 2.06 bits per heavy atom. The Hall–Kier alpha value is -0.910. The predicted molar refractivity (Wildman–Crippen MR) is 59.1 cm³/mol. The lowest BCUT2D eigenvalue weighted by Crippen LogP contribution is -2.59. The normalized spacial score (nSPS) is 46.7. The second-order valence-electron chi connectivity index (χ2n) is 4.66. The van der Waals surface area contributed by atoms with E-state index in [1.807, 2.05) is 6.92 Å². The molecule has 0 aromatic carbocycles. The summed E-state index contributed by atoms with van der Waals surface area (Å²) in [5.41, 5.74) is 0. The average molecular weight is 242 g/mol. The molecule has 2 rings (SSSR count). The number of rotatable bonds is 1. The summed E-state index contributed by atoms with van der Waals surface area (Å²) < 4.78 is 10.7. The minimum atomic E-state index is -1.13. The Balaban J connectivity index is 2.19. The van der Waals surface area contributed by atoms with E-state index >= 15 is 0 Å². The molecule has 0 spiro atoms. The summed E-state index contributed by atoms with van der Waals surface area (Å²) in [6, 6.07) is 0.